The molecule has 1 aliphatic heterocycles. The van der Waals surface area contributed by atoms with E-state index >= 15 is 0 Å². The molecule has 116 valence electrons. The van der Waals surface area contributed by atoms with E-state index in [1.165, 1.54) is 12.1 Å². The minimum atomic E-state index is -3.80. The average Bonchev–Trinajstić information content (AvgIpc) is 2.77. The minimum absolute atomic E-state index is 0.00743. The Hall–Kier alpha value is -1.44. The third-order valence-electron chi connectivity index (χ3n) is 3.76. The van der Waals surface area contributed by atoms with Crippen LogP contribution < -0.4 is 4.72 Å². The molecule has 0 aromatic heterocycles. The number of ether oxygens (including phenoxy) is 1. The van der Waals surface area contributed by atoms with E-state index in [0.717, 1.165) is 0 Å². The van der Waals surface area contributed by atoms with Gasteiger partial charge in [-0.15, -0.1) is 0 Å². The van der Waals surface area contributed by atoms with E-state index in [2.05, 4.69) is 4.72 Å². The summed E-state index contributed by atoms with van der Waals surface area (Å²) < 4.78 is 33.0. The number of nitrogens with one attached hydrogen (secondary N) is 1. The number of aryl methyl sites for hydroxylation is 1. The zero-order valence-electron chi connectivity index (χ0n) is 12.3. The van der Waals surface area contributed by atoms with Crippen LogP contribution in [0.2, 0.25) is 0 Å². The van der Waals surface area contributed by atoms with Gasteiger partial charge >= 0.3 is 5.97 Å². The molecule has 0 bridgehead atoms. The van der Waals surface area contributed by atoms with Crippen LogP contribution in [0, 0.1) is 13.8 Å². The van der Waals surface area contributed by atoms with Crippen molar-refractivity contribution in [2.24, 2.45) is 0 Å². The van der Waals surface area contributed by atoms with Gasteiger partial charge in [-0.25, -0.2) is 17.9 Å². The van der Waals surface area contributed by atoms with Gasteiger partial charge in [-0.1, -0.05) is 0 Å². The van der Waals surface area contributed by atoms with Crippen molar-refractivity contribution in [3.8, 4) is 0 Å². The molecule has 21 heavy (non-hydrogen) atoms. The van der Waals surface area contributed by atoms with E-state index in [4.69, 9.17) is 9.84 Å². The molecule has 1 atom stereocenters. The summed E-state index contributed by atoms with van der Waals surface area (Å²) >= 11 is 0. The molecule has 1 aromatic rings. The van der Waals surface area contributed by atoms with Gasteiger partial charge in [0.05, 0.1) is 22.6 Å². The molecule has 1 fully saturated rings. The van der Waals surface area contributed by atoms with Crippen molar-refractivity contribution in [3.63, 3.8) is 0 Å². The van der Waals surface area contributed by atoms with E-state index in [0.29, 0.717) is 30.8 Å². The lowest BCUT2D eigenvalue weighted by Crippen LogP contribution is -2.46. The van der Waals surface area contributed by atoms with Gasteiger partial charge < -0.3 is 9.84 Å². The fraction of sp³-hybridized carbons (Fsp3) is 0.500. The Kier molecular flexibility index (Phi) is 4.10. The second-order valence-electron chi connectivity index (χ2n) is 5.69. The van der Waals surface area contributed by atoms with E-state index in [1.807, 2.05) is 0 Å². The summed E-state index contributed by atoms with van der Waals surface area (Å²) in [5.41, 5.74) is 0.489. The maximum Gasteiger partial charge on any atom is 0.335 e. The molecular formula is C14H19NO5S. The highest BCUT2D eigenvalue weighted by Gasteiger charge is 2.35. The largest absolute Gasteiger partial charge is 0.478 e. The number of aromatic carboxylic acids is 1. The van der Waals surface area contributed by atoms with Gasteiger partial charge in [0.1, 0.15) is 0 Å². The van der Waals surface area contributed by atoms with Crippen molar-refractivity contribution < 1.29 is 23.1 Å². The van der Waals surface area contributed by atoms with Crippen LogP contribution in [0.5, 0.6) is 0 Å². The molecule has 0 spiro atoms. The highest BCUT2D eigenvalue weighted by molar-refractivity contribution is 7.89. The minimum Gasteiger partial charge on any atom is -0.478 e. The van der Waals surface area contributed by atoms with Gasteiger partial charge in [0, 0.05) is 6.61 Å². The fourth-order valence-electron chi connectivity index (χ4n) is 2.36. The van der Waals surface area contributed by atoms with E-state index in [9.17, 15) is 13.2 Å². The first-order chi connectivity index (χ1) is 9.65. The third-order valence-corrected chi connectivity index (χ3v) is 5.52. The van der Waals surface area contributed by atoms with Gasteiger partial charge in [-0.2, -0.15) is 0 Å². The maximum absolute atomic E-state index is 12.6. The molecule has 2 rings (SSSR count). The zero-order valence-corrected chi connectivity index (χ0v) is 13.1. The molecule has 0 saturated carbocycles. The van der Waals surface area contributed by atoms with Crippen LogP contribution in [0.25, 0.3) is 0 Å². The van der Waals surface area contributed by atoms with Crippen LogP contribution in [-0.4, -0.2) is 38.2 Å². The molecular weight excluding hydrogens is 294 g/mol. The number of hydrogen-bond donors (Lipinski definition) is 2. The normalized spacial score (nSPS) is 22.4. The summed E-state index contributed by atoms with van der Waals surface area (Å²) in [6.07, 6.45) is 0.586. The van der Waals surface area contributed by atoms with Gasteiger partial charge in [0.15, 0.2) is 0 Å². The summed E-state index contributed by atoms with van der Waals surface area (Å²) in [6.45, 7) is 5.96. The quantitative estimate of drug-likeness (QED) is 0.878. The Morgan fingerprint density at radius 1 is 1.38 bits per heavy atom. The highest BCUT2D eigenvalue weighted by atomic mass is 32.2. The number of hydrogen-bond acceptors (Lipinski definition) is 4. The zero-order chi connectivity index (χ0) is 15.8. The van der Waals surface area contributed by atoms with Crippen LogP contribution in [0.3, 0.4) is 0 Å². The van der Waals surface area contributed by atoms with Crippen LogP contribution in [-0.2, 0) is 14.8 Å². The molecule has 1 aromatic carbocycles. The van der Waals surface area contributed by atoms with Crippen molar-refractivity contribution in [3.05, 3.63) is 28.8 Å². The molecule has 0 amide bonds. The predicted octanol–water partition coefficient (Wildman–Crippen LogP) is 1.46. The molecule has 0 radical (unpaired) electrons. The number of sulfonamides is 1. The predicted molar refractivity (Wildman–Crippen MR) is 77.0 cm³/mol. The molecule has 2 N–H and O–H groups in total. The monoisotopic (exact) mass is 313 g/mol. The first-order valence-electron chi connectivity index (χ1n) is 6.61. The van der Waals surface area contributed by atoms with Crippen molar-refractivity contribution >= 4 is 16.0 Å². The SMILES string of the molecule is Cc1cc(C(=O)O)cc(S(=O)(=O)NC2(C)CCOC2)c1C. The standard InChI is InChI=1S/C14H19NO5S/c1-9-6-11(13(16)17)7-12(10(9)2)21(18,19)15-14(3)4-5-20-8-14/h6-7,15H,4-5,8H2,1-3H3,(H,16,17). The van der Waals surface area contributed by atoms with Crippen molar-refractivity contribution in [2.45, 2.75) is 37.6 Å². The lowest BCUT2D eigenvalue weighted by molar-refractivity contribution is 0.0696. The summed E-state index contributed by atoms with van der Waals surface area (Å²) in [5, 5.41) is 9.09. The summed E-state index contributed by atoms with van der Waals surface area (Å²) in [4.78, 5) is 11.1. The lowest BCUT2D eigenvalue weighted by Gasteiger charge is -2.24. The maximum atomic E-state index is 12.6. The van der Waals surface area contributed by atoms with Crippen LogP contribution in [0.15, 0.2) is 17.0 Å². The summed E-state index contributed by atoms with van der Waals surface area (Å²) in [5.74, 6) is -1.15. The Balaban J connectivity index is 2.46. The number of carbonyl (C=O) groups is 1. The molecule has 6 nitrogen and oxygen atoms in total. The van der Waals surface area contributed by atoms with Gasteiger partial charge in [-0.3, -0.25) is 0 Å². The molecule has 1 heterocycles. The van der Waals surface area contributed by atoms with Crippen molar-refractivity contribution in [2.75, 3.05) is 13.2 Å². The van der Waals surface area contributed by atoms with Crippen LogP contribution >= 0.6 is 0 Å². The van der Waals surface area contributed by atoms with Crippen molar-refractivity contribution in [1.29, 1.82) is 0 Å². The van der Waals surface area contributed by atoms with Crippen LogP contribution in [0.1, 0.15) is 34.8 Å². The van der Waals surface area contributed by atoms with E-state index in [1.54, 1.807) is 20.8 Å². The number of carboxylic acid groups (broad SMARTS) is 1. The molecule has 7 heteroatoms. The highest BCUT2D eigenvalue weighted by Crippen LogP contribution is 2.25. The van der Waals surface area contributed by atoms with Crippen LogP contribution in [0.4, 0.5) is 0 Å². The second kappa shape index (κ2) is 5.40. The molecule has 1 aliphatic rings. The van der Waals surface area contributed by atoms with E-state index in [-0.39, 0.29) is 10.5 Å². The Labute approximate surface area is 124 Å². The molecule has 1 saturated heterocycles. The van der Waals surface area contributed by atoms with Gasteiger partial charge in [-0.05, 0) is 50.5 Å². The number of benzene rings is 1. The first-order valence-corrected chi connectivity index (χ1v) is 8.09. The second-order valence-corrected chi connectivity index (χ2v) is 7.34. The number of carboxylic acids is 1. The summed E-state index contributed by atoms with van der Waals surface area (Å²) in [6, 6.07) is 2.67. The average molecular weight is 313 g/mol. The topological polar surface area (TPSA) is 92.7 Å². The summed E-state index contributed by atoms with van der Waals surface area (Å²) in [7, 11) is -3.80. The Bertz CT molecular complexity index is 675. The Morgan fingerprint density at radius 3 is 2.57 bits per heavy atom. The van der Waals surface area contributed by atoms with Gasteiger partial charge in [0.25, 0.3) is 0 Å². The van der Waals surface area contributed by atoms with E-state index < -0.39 is 21.5 Å². The lowest BCUT2D eigenvalue weighted by atomic mass is 10.0. The molecule has 0 aliphatic carbocycles. The first kappa shape index (κ1) is 15.9. The smallest absolute Gasteiger partial charge is 0.335 e. The Morgan fingerprint density at radius 2 is 2.05 bits per heavy atom. The number of rotatable bonds is 4. The van der Waals surface area contributed by atoms with Crippen molar-refractivity contribution in [1.82, 2.24) is 4.72 Å². The fourth-order valence-corrected chi connectivity index (χ4v) is 4.12. The molecule has 1 unspecified atom stereocenters. The third kappa shape index (κ3) is 3.25. The van der Waals surface area contributed by atoms with Gasteiger partial charge in [0.2, 0.25) is 10.0 Å².